The first-order valence-corrected chi connectivity index (χ1v) is 5.21. The van der Waals surface area contributed by atoms with Crippen LogP contribution in [0.2, 0.25) is 0 Å². The van der Waals surface area contributed by atoms with Crippen molar-refractivity contribution in [2.45, 2.75) is 0 Å². The Morgan fingerprint density at radius 3 is 2.82 bits per heavy atom. The Bertz CT molecular complexity index is 741. The Kier molecular flexibility index (Phi) is 2.04. The van der Waals surface area contributed by atoms with Gasteiger partial charge >= 0.3 is 0 Å². The predicted octanol–water partition coefficient (Wildman–Crippen LogP) is 1.12. The highest BCUT2D eigenvalue weighted by Gasteiger charge is 2.06. The van der Waals surface area contributed by atoms with Crippen molar-refractivity contribution in [3.63, 3.8) is 0 Å². The van der Waals surface area contributed by atoms with Gasteiger partial charge in [0.25, 0.3) is 5.56 Å². The summed E-state index contributed by atoms with van der Waals surface area (Å²) in [5.74, 6) is 0. The van der Waals surface area contributed by atoms with Gasteiger partial charge in [-0.2, -0.15) is 5.10 Å². The summed E-state index contributed by atoms with van der Waals surface area (Å²) in [7, 11) is 1.81. The zero-order chi connectivity index (χ0) is 11.8. The molecule has 1 aromatic carbocycles. The van der Waals surface area contributed by atoms with Gasteiger partial charge in [-0.25, -0.2) is 4.98 Å². The molecular weight excluding hydrogens is 216 g/mol. The van der Waals surface area contributed by atoms with Crippen LogP contribution in [0, 0.1) is 0 Å². The lowest BCUT2D eigenvalue weighted by atomic mass is 10.2. The number of rotatable bonds is 1. The number of para-hydroxylation sites is 1. The van der Waals surface area contributed by atoms with E-state index in [9.17, 15) is 4.79 Å². The molecule has 0 unspecified atom stereocenters. The molecule has 0 aliphatic rings. The monoisotopic (exact) mass is 226 g/mol. The van der Waals surface area contributed by atoms with Crippen LogP contribution in [0.4, 0.5) is 0 Å². The molecule has 3 rings (SSSR count). The molecule has 0 spiro atoms. The summed E-state index contributed by atoms with van der Waals surface area (Å²) in [5.41, 5.74) is 1.34. The summed E-state index contributed by atoms with van der Waals surface area (Å²) in [4.78, 5) is 16.5. The second-order valence-electron chi connectivity index (χ2n) is 3.81. The van der Waals surface area contributed by atoms with Crippen LogP contribution in [0.3, 0.4) is 0 Å². The average molecular weight is 226 g/mol. The van der Waals surface area contributed by atoms with Gasteiger partial charge in [0, 0.05) is 13.2 Å². The number of aromatic nitrogens is 4. The maximum Gasteiger partial charge on any atom is 0.265 e. The van der Waals surface area contributed by atoms with Gasteiger partial charge in [0.1, 0.15) is 6.33 Å². The van der Waals surface area contributed by atoms with Gasteiger partial charge in [-0.1, -0.05) is 12.1 Å². The first kappa shape index (κ1) is 9.77. The molecule has 5 nitrogen and oxygen atoms in total. The van der Waals surface area contributed by atoms with Crippen LogP contribution in [-0.2, 0) is 7.05 Å². The van der Waals surface area contributed by atoms with E-state index in [0.717, 1.165) is 5.69 Å². The van der Waals surface area contributed by atoms with Crippen molar-refractivity contribution in [1.82, 2.24) is 19.3 Å². The maximum absolute atomic E-state index is 12.2. The van der Waals surface area contributed by atoms with Crippen molar-refractivity contribution in [3.05, 3.63) is 53.3 Å². The van der Waals surface area contributed by atoms with Crippen LogP contribution in [0.5, 0.6) is 0 Å². The fourth-order valence-electron chi connectivity index (χ4n) is 1.79. The smallest absolute Gasteiger partial charge is 0.265 e. The van der Waals surface area contributed by atoms with E-state index in [4.69, 9.17) is 0 Å². The summed E-state index contributed by atoms with van der Waals surface area (Å²) in [6.45, 7) is 0. The van der Waals surface area contributed by atoms with Gasteiger partial charge in [-0.15, -0.1) is 0 Å². The molecule has 3 aromatic rings. The normalized spacial score (nSPS) is 10.9. The third-order valence-electron chi connectivity index (χ3n) is 2.63. The second kappa shape index (κ2) is 3.55. The lowest BCUT2D eigenvalue weighted by Gasteiger charge is -2.02. The number of hydrogen-bond donors (Lipinski definition) is 0. The molecule has 84 valence electrons. The molecule has 5 heteroatoms. The van der Waals surface area contributed by atoms with E-state index in [1.54, 1.807) is 23.1 Å². The molecule has 0 N–H and O–H groups in total. The molecule has 2 heterocycles. The molecule has 2 aromatic heterocycles. The predicted molar refractivity (Wildman–Crippen MR) is 64.1 cm³/mol. The fraction of sp³-hybridized carbons (Fsp3) is 0.0833. The summed E-state index contributed by atoms with van der Waals surface area (Å²) in [5, 5.41) is 4.65. The third-order valence-corrected chi connectivity index (χ3v) is 2.63. The molecule has 0 amide bonds. The second-order valence-corrected chi connectivity index (χ2v) is 3.81. The lowest BCUT2D eigenvalue weighted by molar-refractivity contribution is 0.767. The minimum atomic E-state index is -0.0800. The number of benzene rings is 1. The highest BCUT2D eigenvalue weighted by molar-refractivity contribution is 5.77. The molecule has 17 heavy (non-hydrogen) atoms. The van der Waals surface area contributed by atoms with Crippen molar-refractivity contribution < 1.29 is 0 Å². The Morgan fingerprint density at radius 2 is 2.06 bits per heavy atom. The third kappa shape index (κ3) is 1.52. The molecular formula is C12H10N4O. The Balaban J connectivity index is 2.32. The standard InChI is InChI=1S/C12H10N4O/c1-15-7-9(6-14-15)16-8-13-11-5-3-2-4-10(11)12(16)17/h2-8H,1H3. The first-order chi connectivity index (χ1) is 8.25. The topological polar surface area (TPSA) is 52.7 Å². The molecule has 0 aliphatic heterocycles. The summed E-state index contributed by atoms with van der Waals surface area (Å²) in [6, 6.07) is 7.30. The van der Waals surface area contributed by atoms with E-state index >= 15 is 0 Å². The van der Waals surface area contributed by atoms with Gasteiger partial charge in [-0.3, -0.25) is 14.0 Å². The van der Waals surface area contributed by atoms with Crippen molar-refractivity contribution >= 4 is 10.9 Å². The minimum absolute atomic E-state index is 0.0800. The lowest BCUT2D eigenvalue weighted by Crippen LogP contribution is -2.18. The van der Waals surface area contributed by atoms with E-state index in [2.05, 4.69) is 10.1 Å². The van der Waals surface area contributed by atoms with Crippen molar-refractivity contribution in [2.24, 2.45) is 7.05 Å². The molecule has 0 radical (unpaired) electrons. The molecule has 0 bridgehead atoms. The van der Waals surface area contributed by atoms with Gasteiger partial charge in [0.05, 0.1) is 22.8 Å². The Hall–Kier alpha value is -2.43. The zero-order valence-corrected chi connectivity index (χ0v) is 9.24. The van der Waals surface area contributed by atoms with E-state index in [0.29, 0.717) is 10.9 Å². The van der Waals surface area contributed by atoms with Crippen molar-refractivity contribution in [3.8, 4) is 5.69 Å². The average Bonchev–Trinajstić information content (AvgIpc) is 2.77. The fourth-order valence-corrected chi connectivity index (χ4v) is 1.79. The SMILES string of the molecule is Cn1cc(-n2cnc3ccccc3c2=O)cn1. The molecule has 0 saturated carbocycles. The molecule has 0 saturated heterocycles. The van der Waals surface area contributed by atoms with Crippen LogP contribution in [0.1, 0.15) is 0 Å². The summed E-state index contributed by atoms with van der Waals surface area (Å²) < 4.78 is 3.15. The Labute approximate surface area is 97.0 Å². The van der Waals surface area contributed by atoms with E-state index < -0.39 is 0 Å². The van der Waals surface area contributed by atoms with E-state index in [1.165, 1.54) is 10.9 Å². The number of nitrogens with zero attached hydrogens (tertiary/aromatic N) is 4. The number of fused-ring (bicyclic) bond motifs is 1. The highest BCUT2D eigenvalue weighted by atomic mass is 16.1. The quantitative estimate of drug-likeness (QED) is 0.624. The van der Waals surface area contributed by atoms with Gasteiger partial charge in [0.15, 0.2) is 0 Å². The first-order valence-electron chi connectivity index (χ1n) is 5.21. The summed E-state index contributed by atoms with van der Waals surface area (Å²) >= 11 is 0. The Morgan fingerprint density at radius 1 is 1.24 bits per heavy atom. The number of hydrogen-bond acceptors (Lipinski definition) is 3. The van der Waals surface area contributed by atoms with Crippen LogP contribution in [0.15, 0.2) is 47.8 Å². The minimum Gasteiger partial charge on any atom is -0.274 e. The van der Waals surface area contributed by atoms with E-state index in [1.807, 2.05) is 25.2 Å². The largest absolute Gasteiger partial charge is 0.274 e. The molecule has 0 aliphatic carbocycles. The van der Waals surface area contributed by atoms with Crippen molar-refractivity contribution in [1.29, 1.82) is 0 Å². The van der Waals surface area contributed by atoms with Gasteiger partial charge < -0.3 is 0 Å². The zero-order valence-electron chi connectivity index (χ0n) is 9.24. The van der Waals surface area contributed by atoms with Crippen LogP contribution in [0.25, 0.3) is 16.6 Å². The van der Waals surface area contributed by atoms with E-state index in [-0.39, 0.29) is 5.56 Å². The highest BCUT2D eigenvalue weighted by Crippen LogP contribution is 2.07. The maximum atomic E-state index is 12.2. The van der Waals surface area contributed by atoms with Crippen LogP contribution >= 0.6 is 0 Å². The van der Waals surface area contributed by atoms with Crippen LogP contribution < -0.4 is 5.56 Å². The number of aryl methyl sites for hydroxylation is 1. The van der Waals surface area contributed by atoms with Gasteiger partial charge in [-0.05, 0) is 12.1 Å². The summed E-state index contributed by atoms with van der Waals surface area (Å²) in [6.07, 6.45) is 4.94. The molecule has 0 fully saturated rings. The van der Waals surface area contributed by atoms with Crippen LogP contribution in [-0.4, -0.2) is 19.3 Å². The van der Waals surface area contributed by atoms with Crippen molar-refractivity contribution in [2.75, 3.05) is 0 Å². The van der Waals surface area contributed by atoms with Gasteiger partial charge in [0.2, 0.25) is 0 Å². The molecule has 0 atom stereocenters.